The van der Waals surface area contributed by atoms with Crippen molar-refractivity contribution in [3.05, 3.63) is 83.4 Å². The van der Waals surface area contributed by atoms with E-state index in [1.165, 1.54) is 6.07 Å². The quantitative estimate of drug-likeness (QED) is 0.496. The number of rotatable bonds is 8. The standard InChI is InChI=1S/C27H27FN2O4/c28-24-7-4-18(13-23(24)25(31)8-5-20-3-1-2-11-30-20)22-10-12-29-15-19(22)16-32-21-6-9-26-27(14-21)34-17-33-26/h1-4,6-7,9,11,13-14,19,22,29H,5,8,10,12,15-17H2/t19-,22-/m0/s1. The lowest BCUT2D eigenvalue weighted by atomic mass is 9.80. The van der Waals surface area contributed by atoms with E-state index in [9.17, 15) is 9.18 Å². The van der Waals surface area contributed by atoms with Gasteiger partial charge in [-0.1, -0.05) is 12.1 Å². The Balaban J connectivity index is 1.27. The Morgan fingerprint density at radius 1 is 1.12 bits per heavy atom. The summed E-state index contributed by atoms with van der Waals surface area (Å²) in [4.78, 5) is 17.1. The number of ketones is 1. The number of hydrogen-bond acceptors (Lipinski definition) is 6. The Morgan fingerprint density at radius 2 is 2.03 bits per heavy atom. The highest BCUT2D eigenvalue weighted by atomic mass is 19.1. The first-order chi connectivity index (χ1) is 16.7. The fraction of sp³-hybridized carbons (Fsp3) is 0.333. The molecule has 1 fully saturated rings. The first-order valence-electron chi connectivity index (χ1n) is 11.6. The lowest BCUT2D eigenvalue weighted by molar-refractivity contribution is 0.0978. The average molecular weight is 463 g/mol. The fourth-order valence-corrected chi connectivity index (χ4v) is 4.62. The topological polar surface area (TPSA) is 69.7 Å². The van der Waals surface area contributed by atoms with Crippen molar-refractivity contribution in [2.75, 3.05) is 26.5 Å². The van der Waals surface area contributed by atoms with Gasteiger partial charge < -0.3 is 19.5 Å². The number of aromatic nitrogens is 1. The second-order valence-electron chi connectivity index (χ2n) is 8.67. The Bertz CT molecular complexity index is 1150. The average Bonchev–Trinajstić information content (AvgIpc) is 3.35. The third-order valence-electron chi connectivity index (χ3n) is 6.47. The van der Waals surface area contributed by atoms with Crippen molar-refractivity contribution in [2.24, 2.45) is 5.92 Å². The van der Waals surface area contributed by atoms with Gasteiger partial charge in [0, 0.05) is 36.8 Å². The van der Waals surface area contributed by atoms with Crippen LogP contribution in [0.4, 0.5) is 4.39 Å². The molecule has 1 N–H and O–H groups in total. The predicted octanol–water partition coefficient (Wildman–Crippen LogP) is 4.54. The molecule has 7 heteroatoms. The highest BCUT2D eigenvalue weighted by molar-refractivity contribution is 5.96. The van der Waals surface area contributed by atoms with E-state index < -0.39 is 5.82 Å². The van der Waals surface area contributed by atoms with Crippen LogP contribution in [0.3, 0.4) is 0 Å². The van der Waals surface area contributed by atoms with Gasteiger partial charge in [-0.2, -0.15) is 0 Å². The van der Waals surface area contributed by atoms with E-state index in [0.717, 1.165) is 42.3 Å². The van der Waals surface area contributed by atoms with Crippen LogP contribution in [0.2, 0.25) is 0 Å². The van der Waals surface area contributed by atoms with E-state index in [2.05, 4.69) is 10.3 Å². The monoisotopic (exact) mass is 462 g/mol. The van der Waals surface area contributed by atoms with Gasteiger partial charge in [-0.3, -0.25) is 9.78 Å². The molecule has 0 bridgehead atoms. The summed E-state index contributed by atoms with van der Waals surface area (Å²) >= 11 is 0. The highest BCUT2D eigenvalue weighted by Crippen LogP contribution is 2.36. The number of aryl methyl sites for hydroxylation is 1. The molecule has 0 aliphatic carbocycles. The number of nitrogens with zero attached hydrogens (tertiary/aromatic N) is 1. The molecule has 34 heavy (non-hydrogen) atoms. The van der Waals surface area contributed by atoms with E-state index >= 15 is 0 Å². The zero-order chi connectivity index (χ0) is 23.3. The van der Waals surface area contributed by atoms with E-state index in [4.69, 9.17) is 14.2 Å². The van der Waals surface area contributed by atoms with Gasteiger partial charge in [0.1, 0.15) is 11.6 Å². The molecule has 2 atom stereocenters. The van der Waals surface area contributed by atoms with Crippen LogP contribution in [0, 0.1) is 11.7 Å². The Hall–Kier alpha value is -3.45. The Kier molecular flexibility index (Phi) is 6.72. The van der Waals surface area contributed by atoms with Gasteiger partial charge in [0.15, 0.2) is 17.3 Å². The molecular weight excluding hydrogens is 435 g/mol. The van der Waals surface area contributed by atoms with E-state index in [1.54, 1.807) is 18.3 Å². The molecule has 1 saturated heterocycles. The molecule has 0 spiro atoms. The van der Waals surface area contributed by atoms with Gasteiger partial charge in [0.25, 0.3) is 0 Å². The molecule has 0 radical (unpaired) electrons. The summed E-state index contributed by atoms with van der Waals surface area (Å²) in [6.07, 6.45) is 3.30. The number of nitrogens with one attached hydrogen (secondary N) is 1. The van der Waals surface area contributed by atoms with Gasteiger partial charge in [0.05, 0.1) is 12.2 Å². The van der Waals surface area contributed by atoms with Crippen LogP contribution >= 0.6 is 0 Å². The molecule has 2 aliphatic heterocycles. The Labute approximate surface area is 198 Å². The molecule has 2 aliphatic rings. The first kappa shape index (κ1) is 22.3. The van der Waals surface area contributed by atoms with Crippen molar-refractivity contribution in [3.63, 3.8) is 0 Å². The second-order valence-corrected chi connectivity index (χ2v) is 8.67. The molecule has 2 aromatic carbocycles. The maximum Gasteiger partial charge on any atom is 0.231 e. The highest BCUT2D eigenvalue weighted by Gasteiger charge is 2.28. The van der Waals surface area contributed by atoms with Gasteiger partial charge in [-0.05, 0) is 67.3 Å². The maximum atomic E-state index is 14.6. The van der Waals surface area contributed by atoms with Crippen LogP contribution < -0.4 is 19.5 Å². The fourth-order valence-electron chi connectivity index (χ4n) is 4.62. The molecule has 3 heterocycles. The molecule has 176 valence electrons. The van der Waals surface area contributed by atoms with Crippen LogP contribution in [-0.2, 0) is 6.42 Å². The van der Waals surface area contributed by atoms with E-state index in [0.29, 0.717) is 18.8 Å². The number of hydrogen-bond donors (Lipinski definition) is 1. The van der Waals surface area contributed by atoms with E-state index in [1.807, 2.05) is 36.4 Å². The largest absolute Gasteiger partial charge is 0.493 e. The van der Waals surface area contributed by atoms with Crippen molar-refractivity contribution in [1.29, 1.82) is 0 Å². The molecule has 6 nitrogen and oxygen atoms in total. The third-order valence-corrected chi connectivity index (χ3v) is 6.47. The smallest absolute Gasteiger partial charge is 0.231 e. The molecule has 1 aromatic heterocycles. The molecule has 3 aromatic rings. The summed E-state index contributed by atoms with van der Waals surface area (Å²) in [7, 11) is 0. The molecule has 0 amide bonds. The minimum Gasteiger partial charge on any atom is -0.493 e. The van der Waals surface area contributed by atoms with Crippen molar-refractivity contribution in [1.82, 2.24) is 10.3 Å². The van der Waals surface area contributed by atoms with Crippen LogP contribution in [0.5, 0.6) is 17.2 Å². The summed E-state index contributed by atoms with van der Waals surface area (Å²) in [6, 6.07) is 16.1. The van der Waals surface area contributed by atoms with Crippen molar-refractivity contribution >= 4 is 5.78 Å². The van der Waals surface area contributed by atoms with Crippen LogP contribution in [0.15, 0.2) is 60.8 Å². The van der Waals surface area contributed by atoms with Crippen molar-refractivity contribution in [2.45, 2.75) is 25.2 Å². The minimum absolute atomic E-state index is 0.155. The van der Waals surface area contributed by atoms with Gasteiger partial charge in [-0.25, -0.2) is 4.39 Å². The van der Waals surface area contributed by atoms with Crippen LogP contribution in [-0.4, -0.2) is 37.3 Å². The lowest BCUT2D eigenvalue weighted by Gasteiger charge is -2.32. The van der Waals surface area contributed by atoms with Crippen molar-refractivity contribution in [3.8, 4) is 17.2 Å². The number of benzene rings is 2. The number of pyridine rings is 1. The summed E-state index contributed by atoms with van der Waals surface area (Å²) in [5.41, 5.74) is 1.96. The third kappa shape index (κ3) is 5.04. The predicted molar refractivity (Wildman–Crippen MR) is 125 cm³/mol. The summed E-state index contributed by atoms with van der Waals surface area (Å²) in [5.74, 6) is 1.79. The van der Waals surface area contributed by atoms with Gasteiger partial charge in [-0.15, -0.1) is 0 Å². The second kappa shape index (κ2) is 10.2. The molecule has 0 unspecified atom stereocenters. The Morgan fingerprint density at radius 3 is 2.91 bits per heavy atom. The van der Waals surface area contributed by atoms with Crippen LogP contribution in [0.25, 0.3) is 0 Å². The SMILES string of the molecule is O=C(CCc1ccccn1)c1cc([C@@H]2CCNC[C@H]2COc2ccc3c(c2)OCO3)ccc1F. The summed E-state index contributed by atoms with van der Waals surface area (Å²) in [6.45, 7) is 2.37. The number of Topliss-reactive ketones (excluding diaryl/α,β-unsaturated/α-hetero) is 1. The van der Waals surface area contributed by atoms with Crippen molar-refractivity contribution < 1.29 is 23.4 Å². The lowest BCUT2D eigenvalue weighted by Crippen LogP contribution is -2.38. The number of carbonyl (C=O) groups is 1. The first-order valence-corrected chi connectivity index (χ1v) is 11.6. The molecule has 0 saturated carbocycles. The van der Waals surface area contributed by atoms with Gasteiger partial charge >= 0.3 is 0 Å². The zero-order valence-electron chi connectivity index (χ0n) is 18.8. The van der Waals surface area contributed by atoms with E-state index in [-0.39, 0.29) is 36.4 Å². The number of ether oxygens (including phenoxy) is 3. The number of piperidine rings is 1. The number of fused-ring (bicyclic) bond motifs is 1. The normalized spacial score (nSPS) is 19.1. The molecular formula is C27H27FN2O4. The summed E-state index contributed by atoms with van der Waals surface area (Å²) in [5, 5.41) is 3.43. The number of halogens is 1. The summed E-state index contributed by atoms with van der Waals surface area (Å²) < 4.78 is 31.5. The van der Waals surface area contributed by atoms with Gasteiger partial charge in [0.2, 0.25) is 6.79 Å². The zero-order valence-corrected chi connectivity index (χ0v) is 18.8. The minimum atomic E-state index is -0.475. The molecule has 5 rings (SSSR count). The van der Waals surface area contributed by atoms with Crippen LogP contribution in [0.1, 0.15) is 40.4 Å². The number of carbonyl (C=O) groups excluding carboxylic acids is 1. The maximum absolute atomic E-state index is 14.6.